The van der Waals surface area contributed by atoms with E-state index in [0.29, 0.717) is 27.3 Å². The van der Waals surface area contributed by atoms with Crippen molar-refractivity contribution in [1.82, 2.24) is 19.7 Å². The number of hydrogen-bond donors (Lipinski definition) is 1. The van der Waals surface area contributed by atoms with Crippen LogP contribution in [0.4, 0.5) is 0 Å². The molecule has 26 heavy (non-hydrogen) atoms. The number of aryl methyl sites for hydroxylation is 2. The first kappa shape index (κ1) is 18.8. The Kier molecular flexibility index (Phi) is 5.05. The summed E-state index contributed by atoms with van der Waals surface area (Å²) in [6, 6.07) is 4.32. The maximum Gasteiger partial charge on any atom is 0.261 e. The number of hydrogen-bond acceptors (Lipinski definition) is 6. The number of aromatic nitrogens is 4. The molecule has 0 aliphatic carbocycles. The summed E-state index contributed by atoms with van der Waals surface area (Å²) in [5.41, 5.74) is 2.71. The van der Waals surface area contributed by atoms with Crippen LogP contribution in [0.2, 0.25) is 0 Å². The molecule has 3 aromatic rings. The van der Waals surface area contributed by atoms with Crippen molar-refractivity contribution in [1.29, 1.82) is 0 Å². The summed E-state index contributed by atoms with van der Waals surface area (Å²) in [5.74, 6) is 0.847. The number of H-pyrrole nitrogens is 1. The fraction of sp³-hybridized carbons (Fsp3) is 0.312. The van der Waals surface area contributed by atoms with E-state index >= 15 is 0 Å². The van der Waals surface area contributed by atoms with Crippen molar-refractivity contribution in [2.45, 2.75) is 24.7 Å². The van der Waals surface area contributed by atoms with Crippen molar-refractivity contribution >= 4 is 43.0 Å². The Labute approximate surface area is 160 Å². The average Bonchev–Trinajstić information content (AvgIpc) is 2.90. The van der Waals surface area contributed by atoms with Crippen LogP contribution >= 0.6 is 22.9 Å². The monoisotopic (exact) mass is 412 g/mol. The number of rotatable bonds is 5. The Morgan fingerprint density at radius 2 is 2.12 bits per heavy atom. The molecule has 7 nitrogen and oxygen atoms in total. The lowest BCUT2D eigenvalue weighted by Gasteiger charge is -2.10. The van der Waals surface area contributed by atoms with Crippen LogP contribution in [0, 0.1) is 4.64 Å². The van der Waals surface area contributed by atoms with E-state index < -0.39 is 9.05 Å². The molecular weight excluding hydrogens is 396 g/mol. The highest BCUT2D eigenvalue weighted by Gasteiger charge is 2.18. The Morgan fingerprint density at radius 3 is 2.73 bits per heavy atom. The first-order chi connectivity index (χ1) is 12.3. The second-order valence-electron chi connectivity index (χ2n) is 5.73. The molecule has 0 atom stereocenters. The van der Waals surface area contributed by atoms with Gasteiger partial charge in [0.1, 0.15) is 27.2 Å². The van der Waals surface area contributed by atoms with Gasteiger partial charge < -0.3 is 9.72 Å². The van der Waals surface area contributed by atoms with Gasteiger partial charge in [0.25, 0.3) is 9.05 Å². The largest absolute Gasteiger partial charge is 0.496 e. The molecule has 1 aromatic carbocycles. The molecule has 138 valence electrons. The highest BCUT2D eigenvalue weighted by molar-refractivity contribution is 8.13. The molecule has 0 aliphatic rings. The van der Waals surface area contributed by atoms with E-state index in [-0.39, 0.29) is 4.90 Å². The second kappa shape index (κ2) is 6.98. The third kappa shape index (κ3) is 3.34. The molecule has 3 rings (SSSR count). The van der Waals surface area contributed by atoms with Crippen molar-refractivity contribution in [2.75, 3.05) is 7.11 Å². The van der Waals surface area contributed by atoms with Gasteiger partial charge in [0, 0.05) is 17.7 Å². The van der Waals surface area contributed by atoms with Crippen molar-refractivity contribution in [2.24, 2.45) is 7.05 Å². The van der Waals surface area contributed by atoms with E-state index in [4.69, 9.17) is 27.6 Å². The number of benzene rings is 1. The van der Waals surface area contributed by atoms with E-state index in [2.05, 4.69) is 22.0 Å². The molecule has 0 saturated carbocycles. The summed E-state index contributed by atoms with van der Waals surface area (Å²) in [6.45, 7) is 2.06. The van der Waals surface area contributed by atoms with Crippen LogP contribution in [-0.2, 0) is 22.5 Å². The van der Waals surface area contributed by atoms with Crippen LogP contribution in [0.5, 0.6) is 5.75 Å². The van der Waals surface area contributed by atoms with E-state index in [1.165, 1.54) is 25.3 Å². The number of methoxy groups -OCH3 is 1. The lowest BCUT2D eigenvalue weighted by molar-refractivity contribution is 0.416. The van der Waals surface area contributed by atoms with Crippen molar-refractivity contribution in [3.63, 3.8) is 0 Å². The average molecular weight is 413 g/mol. The van der Waals surface area contributed by atoms with Gasteiger partial charge in [0.2, 0.25) is 0 Å². The standard InChI is InChI=1S/C16H17ClN4O3S2/c1-4-5-11-13-14(21(2)20-11)16(25)19-15(18-13)10-8-9(26(17,22)23)6-7-12(10)24-3/h6-8H,4-5H2,1-3H3,(H,18,19,25). The topological polar surface area (TPSA) is 89.9 Å². The molecule has 0 unspecified atom stereocenters. The van der Waals surface area contributed by atoms with E-state index in [1.807, 2.05) is 7.05 Å². The molecule has 10 heteroatoms. The number of fused-ring (bicyclic) bond motifs is 1. The maximum absolute atomic E-state index is 11.7. The van der Waals surface area contributed by atoms with Crippen LogP contribution in [0.25, 0.3) is 22.4 Å². The fourth-order valence-electron chi connectivity index (χ4n) is 2.80. The predicted octanol–water partition coefficient (Wildman–Crippen LogP) is 3.58. The highest BCUT2D eigenvalue weighted by Crippen LogP contribution is 2.32. The van der Waals surface area contributed by atoms with Gasteiger partial charge in [-0.15, -0.1) is 0 Å². The zero-order valence-electron chi connectivity index (χ0n) is 14.4. The minimum atomic E-state index is -3.89. The minimum absolute atomic E-state index is 0.0452. The Hall–Kier alpha value is -1.97. The lowest BCUT2D eigenvalue weighted by Crippen LogP contribution is -1.99. The molecule has 0 fully saturated rings. The molecule has 0 amide bonds. The summed E-state index contributed by atoms with van der Waals surface area (Å²) in [7, 11) is 4.89. The van der Waals surface area contributed by atoms with Gasteiger partial charge in [-0.1, -0.05) is 25.6 Å². The third-order valence-corrected chi connectivity index (χ3v) is 5.60. The molecule has 2 heterocycles. The quantitative estimate of drug-likeness (QED) is 0.508. The van der Waals surface area contributed by atoms with Gasteiger partial charge in [-0.2, -0.15) is 5.10 Å². The number of nitrogens with zero attached hydrogens (tertiary/aromatic N) is 3. The molecule has 2 aromatic heterocycles. The second-order valence-corrected chi connectivity index (χ2v) is 8.71. The number of aromatic amines is 1. The molecule has 0 aliphatic heterocycles. The van der Waals surface area contributed by atoms with Crippen LogP contribution < -0.4 is 4.74 Å². The van der Waals surface area contributed by atoms with Crippen LogP contribution in [0.1, 0.15) is 19.0 Å². The summed E-state index contributed by atoms with van der Waals surface area (Å²) < 4.78 is 30.9. The number of ether oxygens (including phenoxy) is 1. The maximum atomic E-state index is 11.7. The van der Waals surface area contributed by atoms with Gasteiger partial charge >= 0.3 is 0 Å². The summed E-state index contributed by atoms with van der Waals surface area (Å²) in [6.07, 6.45) is 1.67. The number of nitrogens with one attached hydrogen (secondary N) is 1. The Bertz CT molecular complexity index is 1150. The lowest BCUT2D eigenvalue weighted by atomic mass is 10.1. The summed E-state index contributed by atoms with van der Waals surface area (Å²) in [4.78, 5) is 7.65. The highest BCUT2D eigenvalue weighted by atomic mass is 35.7. The third-order valence-electron chi connectivity index (χ3n) is 3.96. The van der Waals surface area contributed by atoms with Crippen LogP contribution in [0.15, 0.2) is 23.1 Å². The zero-order chi connectivity index (χ0) is 19.1. The molecule has 0 spiro atoms. The normalized spacial score (nSPS) is 11.8. The van der Waals surface area contributed by atoms with Gasteiger partial charge in [-0.25, -0.2) is 13.4 Å². The van der Waals surface area contributed by atoms with Crippen molar-refractivity contribution < 1.29 is 13.2 Å². The molecule has 0 saturated heterocycles. The molecule has 0 radical (unpaired) electrons. The first-order valence-electron chi connectivity index (χ1n) is 7.85. The fourth-order valence-corrected chi connectivity index (χ4v) is 3.91. The molecule has 0 bridgehead atoms. The smallest absolute Gasteiger partial charge is 0.261 e. The van der Waals surface area contributed by atoms with Gasteiger partial charge in [0.05, 0.1) is 23.3 Å². The van der Waals surface area contributed by atoms with Gasteiger partial charge in [-0.3, -0.25) is 4.68 Å². The SMILES string of the molecule is CCCc1nn(C)c2c(=S)[nH]c(-c3cc(S(=O)(=O)Cl)ccc3OC)nc12. The van der Waals surface area contributed by atoms with Crippen molar-refractivity contribution in [3.05, 3.63) is 28.5 Å². The number of halogens is 1. The molecule has 1 N–H and O–H groups in total. The minimum Gasteiger partial charge on any atom is -0.496 e. The van der Waals surface area contributed by atoms with Gasteiger partial charge in [0.15, 0.2) is 0 Å². The van der Waals surface area contributed by atoms with Crippen molar-refractivity contribution in [3.8, 4) is 17.1 Å². The zero-order valence-corrected chi connectivity index (χ0v) is 16.8. The summed E-state index contributed by atoms with van der Waals surface area (Å²) >= 11 is 5.47. The summed E-state index contributed by atoms with van der Waals surface area (Å²) in [5, 5.41) is 4.49. The van der Waals surface area contributed by atoms with E-state index in [1.54, 1.807) is 4.68 Å². The van der Waals surface area contributed by atoms with Crippen LogP contribution in [-0.4, -0.2) is 35.3 Å². The Morgan fingerprint density at radius 1 is 1.38 bits per heavy atom. The predicted molar refractivity (Wildman–Crippen MR) is 103 cm³/mol. The van der Waals surface area contributed by atoms with Crippen LogP contribution in [0.3, 0.4) is 0 Å². The van der Waals surface area contributed by atoms with E-state index in [0.717, 1.165) is 24.1 Å². The van der Waals surface area contributed by atoms with Gasteiger partial charge in [-0.05, 0) is 24.6 Å². The first-order valence-corrected chi connectivity index (χ1v) is 10.6. The Balaban J connectivity index is 2.32. The van der Waals surface area contributed by atoms with E-state index in [9.17, 15) is 8.42 Å². The molecular formula is C16H17ClN4O3S2.